The van der Waals surface area contributed by atoms with Crippen LogP contribution in [-0.2, 0) is 0 Å². The zero-order valence-electron chi connectivity index (χ0n) is 10.2. The molecule has 4 nitrogen and oxygen atoms in total. The quantitative estimate of drug-likeness (QED) is 0.628. The van der Waals surface area contributed by atoms with E-state index < -0.39 is 0 Å². The number of aliphatic imine (C=N–C) groups is 1. The highest BCUT2D eigenvalue weighted by atomic mass is 16.5. The van der Waals surface area contributed by atoms with Gasteiger partial charge >= 0.3 is 0 Å². The minimum Gasteiger partial charge on any atom is -0.493 e. The molecule has 1 rings (SSSR count). The number of rotatable bonds is 4. The van der Waals surface area contributed by atoms with E-state index in [-0.39, 0.29) is 5.92 Å². The summed E-state index contributed by atoms with van der Waals surface area (Å²) < 4.78 is 10.3. The third kappa shape index (κ3) is 2.89. The van der Waals surface area contributed by atoms with E-state index in [1.54, 1.807) is 20.3 Å². The number of methoxy groups -OCH3 is 2. The van der Waals surface area contributed by atoms with Crippen LogP contribution in [0, 0.1) is 5.92 Å². The molecule has 16 heavy (non-hydrogen) atoms. The number of hydrogen-bond donors (Lipinski definition) is 1. The van der Waals surface area contributed by atoms with Crippen molar-refractivity contribution >= 4 is 11.5 Å². The van der Waals surface area contributed by atoms with E-state index in [0.717, 1.165) is 5.69 Å². The van der Waals surface area contributed by atoms with Gasteiger partial charge in [-0.3, -0.25) is 0 Å². The van der Waals surface area contributed by atoms with E-state index in [1.807, 2.05) is 26.0 Å². The summed E-state index contributed by atoms with van der Waals surface area (Å²) in [6, 6.07) is 5.45. The van der Waals surface area contributed by atoms with Gasteiger partial charge in [0.25, 0.3) is 0 Å². The summed E-state index contributed by atoms with van der Waals surface area (Å²) in [5, 5.41) is 0. The van der Waals surface area contributed by atoms with Crippen LogP contribution in [0.25, 0.3) is 0 Å². The lowest BCUT2D eigenvalue weighted by molar-refractivity contribution is 0.355. The lowest BCUT2D eigenvalue weighted by Crippen LogP contribution is -2.17. The monoisotopic (exact) mass is 222 g/mol. The van der Waals surface area contributed by atoms with Crippen molar-refractivity contribution in [3.63, 3.8) is 0 Å². The van der Waals surface area contributed by atoms with Crippen molar-refractivity contribution in [2.45, 2.75) is 13.8 Å². The van der Waals surface area contributed by atoms with Crippen molar-refractivity contribution in [3.05, 3.63) is 18.2 Å². The lowest BCUT2D eigenvalue weighted by atomic mass is 10.2. The summed E-state index contributed by atoms with van der Waals surface area (Å²) in [7, 11) is 3.19. The fourth-order valence-corrected chi connectivity index (χ4v) is 1.17. The molecule has 0 bridgehead atoms. The largest absolute Gasteiger partial charge is 0.493 e. The van der Waals surface area contributed by atoms with Crippen LogP contribution >= 0.6 is 0 Å². The molecule has 0 spiro atoms. The fourth-order valence-electron chi connectivity index (χ4n) is 1.17. The first kappa shape index (κ1) is 12.4. The molecule has 0 saturated heterocycles. The number of ether oxygens (including phenoxy) is 2. The Morgan fingerprint density at radius 2 is 1.81 bits per heavy atom. The van der Waals surface area contributed by atoms with Gasteiger partial charge in [-0.05, 0) is 12.1 Å². The molecule has 0 atom stereocenters. The predicted molar refractivity (Wildman–Crippen MR) is 65.7 cm³/mol. The minimum atomic E-state index is 0.230. The van der Waals surface area contributed by atoms with E-state index in [9.17, 15) is 0 Å². The van der Waals surface area contributed by atoms with Crippen LogP contribution in [0.4, 0.5) is 5.69 Å². The molecule has 4 heteroatoms. The van der Waals surface area contributed by atoms with Gasteiger partial charge in [-0.2, -0.15) is 0 Å². The number of amidine groups is 1. The van der Waals surface area contributed by atoms with Gasteiger partial charge in [-0.15, -0.1) is 0 Å². The summed E-state index contributed by atoms with van der Waals surface area (Å²) in [4.78, 5) is 4.30. The summed E-state index contributed by atoms with van der Waals surface area (Å²) in [5.41, 5.74) is 6.56. The van der Waals surface area contributed by atoms with Crippen molar-refractivity contribution in [3.8, 4) is 11.5 Å². The molecule has 1 aromatic rings. The van der Waals surface area contributed by atoms with E-state index in [4.69, 9.17) is 15.2 Å². The molecular formula is C12H18N2O2. The Morgan fingerprint density at radius 1 is 1.19 bits per heavy atom. The Kier molecular flexibility index (Phi) is 4.17. The first-order valence-electron chi connectivity index (χ1n) is 5.14. The second-order valence-electron chi connectivity index (χ2n) is 3.73. The Morgan fingerprint density at radius 3 is 2.31 bits per heavy atom. The maximum atomic E-state index is 5.79. The lowest BCUT2D eigenvalue weighted by Gasteiger charge is -2.08. The van der Waals surface area contributed by atoms with Crippen LogP contribution in [-0.4, -0.2) is 20.1 Å². The van der Waals surface area contributed by atoms with Gasteiger partial charge in [-0.25, -0.2) is 4.99 Å². The SMILES string of the molecule is COc1ccc(N=C(N)C(C)C)cc1OC. The molecule has 2 N–H and O–H groups in total. The number of hydrogen-bond acceptors (Lipinski definition) is 3. The Balaban J connectivity index is 3.04. The van der Waals surface area contributed by atoms with Crippen molar-refractivity contribution < 1.29 is 9.47 Å². The average Bonchev–Trinajstić information content (AvgIpc) is 2.28. The smallest absolute Gasteiger partial charge is 0.162 e. The number of benzene rings is 1. The molecule has 0 fully saturated rings. The second kappa shape index (κ2) is 5.39. The third-order valence-electron chi connectivity index (χ3n) is 2.22. The zero-order valence-corrected chi connectivity index (χ0v) is 10.2. The molecule has 0 aliphatic heterocycles. The summed E-state index contributed by atoms with van der Waals surface area (Å²) >= 11 is 0. The third-order valence-corrected chi connectivity index (χ3v) is 2.22. The zero-order chi connectivity index (χ0) is 12.1. The Hall–Kier alpha value is -1.71. The number of nitrogens with two attached hydrogens (primary N) is 1. The molecule has 0 radical (unpaired) electrons. The van der Waals surface area contributed by atoms with Crippen LogP contribution in [0.1, 0.15) is 13.8 Å². The summed E-state index contributed by atoms with van der Waals surface area (Å²) in [5.74, 6) is 2.17. The fraction of sp³-hybridized carbons (Fsp3) is 0.417. The summed E-state index contributed by atoms with van der Waals surface area (Å²) in [6.07, 6.45) is 0. The van der Waals surface area contributed by atoms with Gasteiger partial charge in [0, 0.05) is 12.0 Å². The van der Waals surface area contributed by atoms with Crippen LogP contribution in [0.3, 0.4) is 0 Å². The first-order chi connectivity index (χ1) is 7.58. The van der Waals surface area contributed by atoms with E-state index in [2.05, 4.69) is 4.99 Å². The van der Waals surface area contributed by atoms with Gasteiger partial charge in [0.1, 0.15) is 5.84 Å². The summed E-state index contributed by atoms with van der Waals surface area (Å²) in [6.45, 7) is 4.00. The molecule has 0 saturated carbocycles. The molecular weight excluding hydrogens is 204 g/mol. The van der Waals surface area contributed by atoms with Crippen molar-refractivity contribution in [1.82, 2.24) is 0 Å². The molecule has 0 aliphatic rings. The molecule has 0 amide bonds. The van der Waals surface area contributed by atoms with Crippen LogP contribution in [0.5, 0.6) is 11.5 Å². The Labute approximate surface area is 96.1 Å². The predicted octanol–water partition coefficient (Wildman–Crippen LogP) is 2.35. The average molecular weight is 222 g/mol. The van der Waals surface area contributed by atoms with Gasteiger partial charge < -0.3 is 15.2 Å². The molecule has 0 heterocycles. The van der Waals surface area contributed by atoms with E-state index >= 15 is 0 Å². The van der Waals surface area contributed by atoms with Crippen molar-refractivity contribution in [2.75, 3.05) is 14.2 Å². The molecule has 1 aromatic carbocycles. The van der Waals surface area contributed by atoms with Gasteiger partial charge in [0.2, 0.25) is 0 Å². The first-order valence-corrected chi connectivity index (χ1v) is 5.14. The van der Waals surface area contributed by atoms with E-state index in [1.165, 1.54) is 0 Å². The molecule has 0 aromatic heterocycles. The highest BCUT2D eigenvalue weighted by molar-refractivity contribution is 5.85. The second-order valence-corrected chi connectivity index (χ2v) is 3.73. The van der Waals surface area contributed by atoms with Crippen molar-refractivity contribution in [2.24, 2.45) is 16.6 Å². The molecule has 88 valence electrons. The number of nitrogens with zero attached hydrogens (tertiary/aromatic N) is 1. The standard InChI is InChI=1S/C12H18N2O2/c1-8(2)12(13)14-9-5-6-10(15-3)11(7-9)16-4/h5-8H,1-4H3,(H2,13,14). The normalized spacial score (nSPS) is 11.7. The highest BCUT2D eigenvalue weighted by Gasteiger charge is 2.05. The maximum Gasteiger partial charge on any atom is 0.162 e. The highest BCUT2D eigenvalue weighted by Crippen LogP contribution is 2.31. The van der Waals surface area contributed by atoms with E-state index in [0.29, 0.717) is 17.3 Å². The van der Waals surface area contributed by atoms with Crippen molar-refractivity contribution in [1.29, 1.82) is 0 Å². The minimum absolute atomic E-state index is 0.230. The molecule has 0 unspecified atom stereocenters. The van der Waals surface area contributed by atoms with Crippen LogP contribution in [0.15, 0.2) is 23.2 Å². The van der Waals surface area contributed by atoms with Gasteiger partial charge in [0.15, 0.2) is 11.5 Å². The molecule has 0 aliphatic carbocycles. The Bertz CT molecular complexity index is 387. The van der Waals surface area contributed by atoms with Crippen LogP contribution < -0.4 is 15.2 Å². The van der Waals surface area contributed by atoms with Crippen LogP contribution in [0.2, 0.25) is 0 Å². The maximum absolute atomic E-state index is 5.79. The van der Waals surface area contributed by atoms with Gasteiger partial charge in [-0.1, -0.05) is 13.8 Å². The topological polar surface area (TPSA) is 56.8 Å². The van der Waals surface area contributed by atoms with Gasteiger partial charge in [0.05, 0.1) is 19.9 Å².